The minimum Gasteiger partial charge on any atom is -0.328 e. The van der Waals surface area contributed by atoms with Crippen molar-refractivity contribution in [2.45, 2.75) is 49.4 Å². The quantitative estimate of drug-likeness (QED) is 0.722. The Balaban J connectivity index is 1.67. The van der Waals surface area contributed by atoms with Crippen LogP contribution in [0.4, 0.5) is 0 Å². The highest BCUT2D eigenvalue weighted by atomic mass is 32.2. The molecular formula is C10H20N2S. The van der Waals surface area contributed by atoms with Crippen LogP contribution in [0.1, 0.15) is 32.6 Å². The summed E-state index contributed by atoms with van der Waals surface area (Å²) in [5, 5.41) is 3.63. The summed E-state index contributed by atoms with van der Waals surface area (Å²) in [6, 6.07) is 1.19. The molecule has 0 radical (unpaired) electrons. The standard InChI is InChI=1S/C10H20N2S/c1-10(3-2-4-13-10)7-12-9-5-8(11)6-9/h8-9,12H,2-7,11H2,1H3. The van der Waals surface area contributed by atoms with Gasteiger partial charge in [-0.05, 0) is 38.4 Å². The van der Waals surface area contributed by atoms with Gasteiger partial charge in [0.25, 0.3) is 0 Å². The summed E-state index contributed by atoms with van der Waals surface area (Å²) in [5.74, 6) is 1.35. The molecule has 1 heterocycles. The van der Waals surface area contributed by atoms with Crippen molar-refractivity contribution in [3.63, 3.8) is 0 Å². The average molecular weight is 200 g/mol. The second-order valence-electron chi connectivity index (χ2n) is 4.71. The van der Waals surface area contributed by atoms with E-state index >= 15 is 0 Å². The zero-order chi connectivity index (χ0) is 9.31. The number of nitrogens with two attached hydrogens (primary N) is 1. The van der Waals surface area contributed by atoms with Crippen molar-refractivity contribution in [1.29, 1.82) is 0 Å². The van der Waals surface area contributed by atoms with E-state index in [1.54, 1.807) is 0 Å². The highest BCUT2D eigenvalue weighted by molar-refractivity contribution is 8.00. The van der Waals surface area contributed by atoms with E-state index in [4.69, 9.17) is 5.73 Å². The molecule has 2 aliphatic rings. The maximum Gasteiger partial charge on any atom is 0.0256 e. The average Bonchev–Trinajstić information content (AvgIpc) is 2.45. The first kappa shape index (κ1) is 9.81. The van der Waals surface area contributed by atoms with E-state index in [9.17, 15) is 0 Å². The second-order valence-corrected chi connectivity index (χ2v) is 6.39. The number of hydrogen-bond donors (Lipinski definition) is 2. The van der Waals surface area contributed by atoms with Crippen LogP contribution in [0.2, 0.25) is 0 Å². The van der Waals surface area contributed by atoms with Crippen LogP contribution in [0.25, 0.3) is 0 Å². The number of thioether (sulfide) groups is 1. The summed E-state index contributed by atoms with van der Waals surface area (Å²) >= 11 is 2.13. The Labute approximate surface area is 85.0 Å². The van der Waals surface area contributed by atoms with Crippen LogP contribution in [-0.4, -0.2) is 29.1 Å². The van der Waals surface area contributed by atoms with Gasteiger partial charge in [-0.3, -0.25) is 0 Å². The molecule has 0 aromatic heterocycles. The van der Waals surface area contributed by atoms with Crippen LogP contribution in [0.15, 0.2) is 0 Å². The number of hydrogen-bond acceptors (Lipinski definition) is 3. The molecule has 1 aliphatic carbocycles. The van der Waals surface area contributed by atoms with Crippen molar-refractivity contribution in [1.82, 2.24) is 5.32 Å². The van der Waals surface area contributed by atoms with E-state index in [1.807, 2.05) is 0 Å². The van der Waals surface area contributed by atoms with Crippen molar-refractivity contribution in [2.24, 2.45) is 5.73 Å². The third-order valence-electron chi connectivity index (χ3n) is 3.24. The van der Waals surface area contributed by atoms with Crippen molar-refractivity contribution in [3.8, 4) is 0 Å². The minimum atomic E-state index is 0.474. The molecule has 1 saturated heterocycles. The second kappa shape index (κ2) is 3.79. The zero-order valence-corrected chi connectivity index (χ0v) is 9.20. The van der Waals surface area contributed by atoms with E-state index in [-0.39, 0.29) is 0 Å². The van der Waals surface area contributed by atoms with Crippen LogP contribution < -0.4 is 11.1 Å². The number of rotatable bonds is 3. The molecule has 2 rings (SSSR count). The smallest absolute Gasteiger partial charge is 0.0256 e. The van der Waals surface area contributed by atoms with Crippen LogP contribution in [0.3, 0.4) is 0 Å². The number of nitrogens with one attached hydrogen (secondary N) is 1. The fourth-order valence-corrected chi connectivity index (χ4v) is 3.42. The minimum absolute atomic E-state index is 0.474. The van der Waals surface area contributed by atoms with Gasteiger partial charge in [0.2, 0.25) is 0 Å². The summed E-state index contributed by atoms with van der Waals surface area (Å²) in [5.41, 5.74) is 5.74. The molecule has 13 heavy (non-hydrogen) atoms. The van der Waals surface area contributed by atoms with Crippen LogP contribution in [0.5, 0.6) is 0 Å². The highest BCUT2D eigenvalue weighted by Crippen LogP contribution is 2.37. The van der Waals surface area contributed by atoms with Gasteiger partial charge in [-0.1, -0.05) is 0 Å². The molecule has 1 saturated carbocycles. The predicted molar refractivity (Wildman–Crippen MR) is 59.1 cm³/mol. The molecule has 0 spiro atoms. The molecular weight excluding hydrogens is 180 g/mol. The van der Waals surface area contributed by atoms with Gasteiger partial charge in [-0.25, -0.2) is 0 Å². The van der Waals surface area contributed by atoms with Crippen molar-refractivity contribution >= 4 is 11.8 Å². The normalized spacial score (nSPS) is 44.8. The lowest BCUT2D eigenvalue weighted by atomic mass is 9.87. The molecule has 1 unspecified atom stereocenters. The summed E-state index contributed by atoms with van der Waals surface area (Å²) in [7, 11) is 0. The third-order valence-corrected chi connectivity index (χ3v) is 4.78. The molecule has 0 bridgehead atoms. The summed E-state index contributed by atoms with van der Waals surface area (Å²) < 4.78 is 0.514. The lowest BCUT2D eigenvalue weighted by Gasteiger charge is -2.36. The molecule has 2 fully saturated rings. The maximum atomic E-state index is 5.74. The molecule has 0 aromatic carbocycles. The summed E-state index contributed by atoms with van der Waals surface area (Å²) in [6.45, 7) is 3.56. The molecule has 3 N–H and O–H groups in total. The molecule has 0 amide bonds. The van der Waals surface area contributed by atoms with Gasteiger partial charge in [0.1, 0.15) is 0 Å². The largest absolute Gasteiger partial charge is 0.328 e. The Bertz CT molecular complexity index is 172. The van der Waals surface area contributed by atoms with Crippen LogP contribution in [0, 0.1) is 0 Å². The van der Waals surface area contributed by atoms with Crippen LogP contribution in [-0.2, 0) is 0 Å². The first-order chi connectivity index (χ1) is 6.18. The van der Waals surface area contributed by atoms with Gasteiger partial charge in [-0.15, -0.1) is 0 Å². The molecule has 1 atom stereocenters. The van der Waals surface area contributed by atoms with E-state index < -0.39 is 0 Å². The van der Waals surface area contributed by atoms with Crippen LogP contribution >= 0.6 is 11.8 Å². The molecule has 3 heteroatoms. The lowest BCUT2D eigenvalue weighted by Crippen LogP contribution is -2.51. The predicted octanol–water partition coefficient (Wildman–Crippen LogP) is 1.35. The first-order valence-electron chi connectivity index (χ1n) is 5.31. The fraction of sp³-hybridized carbons (Fsp3) is 1.00. The lowest BCUT2D eigenvalue weighted by molar-refractivity contribution is 0.284. The zero-order valence-electron chi connectivity index (χ0n) is 8.38. The third kappa shape index (κ3) is 2.39. The first-order valence-corrected chi connectivity index (χ1v) is 6.29. The highest BCUT2D eigenvalue weighted by Gasteiger charge is 2.32. The maximum absolute atomic E-state index is 5.74. The molecule has 76 valence electrons. The van der Waals surface area contributed by atoms with E-state index in [0.717, 1.165) is 0 Å². The SMILES string of the molecule is CC1(CNC2CC(N)C2)CCCS1. The van der Waals surface area contributed by atoms with E-state index in [0.29, 0.717) is 16.8 Å². The monoisotopic (exact) mass is 200 g/mol. The Morgan fingerprint density at radius 1 is 1.54 bits per heavy atom. The van der Waals surface area contributed by atoms with E-state index in [1.165, 1.54) is 38.0 Å². The Morgan fingerprint density at radius 3 is 2.85 bits per heavy atom. The van der Waals surface area contributed by atoms with Gasteiger partial charge < -0.3 is 11.1 Å². The molecule has 1 aliphatic heterocycles. The summed E-state index contributed by atoms with van der Waals surface area (Å²) in [6.07, 6.45) is 5.14. The Hall–Kier alpha value is 0.270. The van der Waals surface area contributed by atoms with Crippen molar-refractivity contribution in [3.05, 3.63) is 0 Å². The van der Waals surface area contributed by atoms with Crippen molar-refractivity contribution < 1.29 is 0 Å². The molecule has 0 aromatic rings. The van der Waals surface area contributed by atoms with Gasteiger partial charge in [0.15, 0.2) is 0 Å². The fourth-order valence-electron chi connectivity index (χ4n) is 2.17. The summed E-state index contributed by atoms with van der Waals surface area (Å²) in [4.78, 5) is 0. The van der Waals surface area contributed by atoms with Gasteiger partial charge >= 0.3 is 0 Å². The van der Waals surface area contributed by atoms with Gasteiger partial charge in [0, 0.05) is 23.4 Å². The van der Waals surface area contributed by atoms with Crippen molar-refractivity contribution in [2.75, 3.05) is 12.3 Å². The Kier molecular flexibility index (Phi) is 2.86. The molecule has 2 nitrogen and oxygen atoms in total. The topological polar surface area (TPSA) is 38.0 Å². The van der Waals surface area contributed by atoms with E-state index in [2.05, 4.69) is 24.0 Å². The van der Waals surface area contributed by atoms with Gasteiger partial charge in [0.05, 0.1) is 0 Å². The Morgan fingerprint density at radius 2 is 2.31 bits per heavy atom. The van der Waals surface area contributed by atoms with Gasteiger partial charge in [-0.2, -0.15) is 11.8 Å².